The maximum absolute atomic E-state index is 6.02. The van der Waals surface area contributed by atoms with Crippen LogP contribution in [-0.4, -0.2) is 41.2 Å². The van der Waals surface area contributed by atoms with E-state index >= 15 is 0 Å². The molecule has 2 atom stereocenters. The lowest BCUT2D eigenvalue weighted by Crippen LogP contribution is -2.17. The van der Waals surface area contributed by atoms with E-state index in [2.05, 4.69) is 24.3 Å². The molecule has 0 N–H and O–H groups in total. The Kier molecular flexibility index (Phi) is 8.78. The molecular weight excluding hydrogens is 464 g/mol. The van der Waals surface area contributed by atoms with Gasteiger partial charge in [-0.2, -0.15) is 0 Å². The Hall–Kier alpha value is -2.89. The zero-order valence-corrected chi connectivity index (χ0v) is 21.3. The fourth-order valence-electron chi connectivity index (χ4n) is 4.60. The summed E-state index contributed by atoms with van der Waals surface area (Å²) < 4.78 is 28.4. The van der Waals surface area contributed by atoms with Gasteiger partial charge < -0.3 is 23.7 Å². The van der Waals surface area contributed by atoms with Crippen LogP contribution in [0.1, 0.15) is 16.7 Å². The van der Waals surface area contributed by atoms with Crippen LogP contribution in [0.15, 0.2) is 60.7 Å². The van der Waals surface area contributed by atoms with E-state index in [1.807, 2.05) is 36.4 Å². The van der Waals surface area contributed by atoms with Gasteiger partial charge in [0.15, 0.2) is 23.0 Å². The smallest absolute Gasteiger partial charge is 0.161 e. The van der Waals surface area contributed by atoms with Gasteiger partial charge in [-0.25, -0.2) is 0 Å². The monoisotopic (exact) mass is 496 g/mol. The topological polar surface area (TPSA) is 46.2 Å². The third-order valence-corrected chi connectivity index (χ3v) is 6.82. The maximum Gasteiger partial charge on any atom is 0.161 e. The van der Waals surface area contributed by atoms with Crippen molar-refractivity contribution in [3.63, 3.8) is 0 Å². The number of hydrogen-bond donors (Lipinski definition) is 0. The number of rotatable bonds is 11. The molecule has 1 fully saturated rings. The number of hydrogen-bond acceptors (Lipinski definition) is 5. The van der Waals surface area contributed by atoms with Crippen LogP contribution >= 0.6 is 11.6 Å². The van der Waals surface area contributed by atoms with Crippen molar-refractivity contribution in [2.45, 2.75) is 19.3 Å². The van der Waals surface area contributed by atoms with Crippen LogP contribution in [0.4, 0.5) is 0 Å². The van der Waals surface area contributed by atoms with E-state index in [1.54, 1.807) is 21.3 Å². The van der Waals surface area contributed by atoms with E-state index < -0.39 is 0 Å². The van der Waals surface area contributed by atoms with Gasteiger partial charge in [0.25, 0.3) is 0 Å². The lowest BCUT2D eigenvalue weighted by Gasteiger charge is -2.19. The Morgan fingerprint density at radius 1 is 0.686 bits per heavy atom. The van der Waals surface area contributed by atoms with Crippen LogP contribution < -0.4 is 18.9 Å². The summed E-state index contributed by atoms with van der Waals surface area (Å²) in [5.74, 6) is 3.90. The summed E-state index contributed by atoms with van der Waals surface area (Å²) >= 11 is 5.96. The van der Waals surface area contributed by atoms with Gasteiger partial charge in [-0.1, -0.05) is 35.9 Å². The van der Waals surface area contributed by atoms with Gasteiger partial charge in [0, 0.05) is 11.4 Å². The average Bonchev–Trinajstić information content (AvgIpc) is 3.31. The molecule has 35 heavy (non-hydrogen) atoms. The van der Waals surface area contributed by atoms with E-state index in [0.717, 1.165) is 60.5 Å². The number of halogens is 1. The third kappa shape index (κ3) is 6.62. The van der Waals surface area contributed by atoms with Crippen LogP contribution in [-0.2, 0) is 24.0 Å². The molecular formula is C29H33ClO5. The van der Waals surface area contributed by atoms with Crippen LogP contribution in [0.5, 0.6) is 23.0 Å². The van der Waals surface area contributed by atoms with E-state index in [4.69, 9.17) is 35.3 Å². The van der Waals surface area contributed by atoms with Crippen molar-refractivity contribution >= 4 is 11.6 Å². The molecule has 3 aromatic rings. The second-order valence-corrected chi connectivity index (χ2v) is 9.30. The van der Waals surface area contributed by atoms with Crippen LogP contribution in [0.25, 0.3) is 0 Å². The molecule has 4 rings (SSSR count). The number of benzene rings is 3. The highest BCUT2D eigenvalue weighted by Gasteiger charge is 2.29. The highest BCUT2D eigenvalue weighted by atomic mass is 35.5. The largest absolute Gasteiger partial charge is 0.493 e. The predicted octanol–water partition coefficient (Wildman–Crippen LogP) is 6.04. The van der Waals surface area contributed by atoms with E-state index in [1.165, 1.54) is 16.7 Å². The van der Waals surface area contributed by atoms with Crippen LogP contribution in [0.3, 0.4) is 0 Å². The first-order valence-electron chi connectivity index (χ1n) is 11.9. The highest BCUT2D eigenvalue weighted by molar-refractivity contribution is 6.30. The molecule has 6 heteroatoms. The first kappa shape index (κ1) is 25.2. The molecule has 5 nitrogen and oxygen atoms in total. The molecule has 1 heterocycles. The van der Waals surface area contributed by atoms with Crippen molar-refractivity contribution in [3.8, 4) is 23.0 Å². The minimum absolute atomic E-state index is 0.435. The van der Waals surface area contributed by atoms with Gasteiger partial charge in [-0.3, -0.25) is 0 Å². The van der Waals surface area contributed by atoms with Crippen molar-refractivity contribution in [2.75, 3.05) is 41.2 Å². The first-order valence-corrected chi connectivity index (χ1v) is 12.3. The van der Waals surface area contributed by atoms with E-state index in [0.29, 0.717) is 18.4 Å². The SMILES string of the molecule is COc1ccc(C[C@H]2COC[C@@H]2Cc2ccc(OCCc3ccc(Cl)cc3)c(OC)c2)cc1OC. The lowest BCUT2D eigenvalue weighted by atomic mass is 9.85. The normalized spacial score (nSPS) is 17.3. The summed E-state index contributed by atoms with van der Waals surface area (Å²) in [4.78, 5) is 0. The Labute approximate surface area is 212 Å². The third-order valence-electron chi connectivity index (χ3n) is 6.56. The second kappa shape index (κ2) is 12.2. The van der Waals surface area contributed by atoms with Crippen molar-refractivity contribution in [1.29, 1.82) is 0 Å². The first-order chi connectivity index (χ1) is 17.1. The second-order valence-electron chi connectivity index (χ2n) is 8.87. The molecule has 1 aliphatic heterocycles. The van der Waals surface area contributed by atoms with Gasteiger partial charge in [-0.05, 0) is 77.8 Å². The molecule has 0 radical (unpaired) electrons. The summed E-state index contributed by atoms with van der Waals surface area (Å²) in [7, 11) is 5.01. The Bertz CT molecular complexity index is 1100. The predicted molar refractivity (Wildman–Crippen MR) is 138 cm³/mol. The summed E-state index contributed by atoms with van der Waals surface area (Å²) in [6.07, 6.45) is 2.67. The minimum Gasteiger partial charge on any atom is -0.493 e. The van der Waals surface area contributed by atoms with Gasteiger partial charge in [-0.15, -0.1) is 0 Å². The Morgan fingerprint density at radius 3 is 1.77 bits per heavy atom. The molecule has 0 amide bonds. The standard InChI is InChI=1S/C29H33ClO5/c1-31-26-10-6-21(16-28(26)32-2)14-23-18-34-19-24(23)15-22-7-11-27(29(17-22)33-3)35-13-12-20-4-8-25(30)9-5-20/h4-11,16-17,23-24H,12-15,18-19H2,1-3H3/t23-,24-/m0/s1. The van der Waals surface area contributed by atoms with Crippen molar-refractivity contribution in [2.24, 2.45) is 11.8 Å². The van der Waals surface area contributed by atoms with Crippen LogP contribution in [0, 0.1) is 11.8 Å². The summed E-state index contributed by atoms with van der Waals surface area (Å²) in [6.45, 7) is 2.10. The summed E-state index contributed by atoms with van der Waals surface area (Å²) in [5.41, 5.74) is 3.64. The fourth-order valence-corrected chi connectivity index (χ4v) is 4.72. The summed E-state index contributed by atoms with van der Waals surface area (Å²) in [6, 6.07) is 20.2. The zero-order chi connectivity index (χ0) is 24.6. The summed E-state index contributed by atoms with van der Waals surface area (Å²) in [5, 5.41) is 0.741. The molecule has 0 unspecified atom stereocenters. The number of methoxy groups -OCH3 is 3. The van der Waals surface area contributed by atoms with Crippen molar-refractivity contribution in [1.82, 2.24) is 0 Å². The van der Waals surface area contributed by atoms with Crippen molar-refractivity contribution < 1.29 is 23.7 Å². The number of ether oxygens (including phenoxy) is 5. The van der Waals surface area contributed by atoms with Gasteiger partial charge in [0.05, 0.1) is 41.2 Å². The Morgan fingerprint density at radius 2 is 1.20 bits per heavy atom. The van der Waals surface area contributed by atoms with E-state index in [9.17, 15) is 0 Å². The molecule has 0 saturated carbocycles. The quantitative estimate of drug-likeness (QED) is 0.324. The molecule has 186 valence electrons. The van der Waals surface area contributed by atoms with Gasteiger partial charge in [0.2, 0.25) is 0 Å². The Balaban J connectivity index is 1.36. The molecule has 0 bridgehead atoms. The molecule has 1 saturated heterocycles. The fraction of sp³-hybridized carbons (Fsp3) is 0.379. The minimum atomic E-state index is 0.435. The molecule has 0 spiro atoms. The van der Waals surface area contributed by atoms with Gasteiger partial charge >= 0.3 is 0 Å². The average molecular weight is 497 g/mol. The highest BCUT2D eigenvalue weighted by Crippen LogP contribution is 2.34. The van der Waals surface area contributed by atoms with E-state index in [-0.39, 0.29) is 0 Å². The zero-order valence-electron chi connectivity index (χ0n) is 20.6. The molecule has 0 aliphatic carbocycles. The lowest BCUT2D eigenvalue weighted by molar-refractivity contribution is 0.180. The van der Waals surface area contributed by atoms with Crippen LogP contribution in [0.2, 0.25) is 5.02 Å². The molecule has 3 aromatic carbocycles. The molecule has 0 aromatic heterocycles. The van der Waals surface area contributed by atoms with Gasteiger partial charge in [0.1, 0.15) is 0 Å². The molecule has 1 aliphatic rings. The maximum atomic E-state index is 6.02. The van der Waals surface area contributed by atoms with Crippen molar-refractivity contribution in [3.05, 3.63) is 82.4 Å².